The molecule has 3 rings (SSSR count). The van der Waals surface area contributed by atoms with Crippen molar-refractivity contribution in [2.24, 2.45) is 0 Å². The summed E-state index contributed by atoms with van der Waals surface area (Å²) in [6.45, 7) is 2.51. The lowest BCUT2D eigenvalue weighted by Gasteiger charge is -2.16. The number of hydrogen-bond acceptors (Lipinski definition) is 6. The first-order valence-electron chi connectivity index (χ1n) is 6.92. The Morgan fingerprint density at radius 2 is 2.18 bits per heavy atom. The van der Waals surface area contributed by atoms with Gasteiger partial charge in [-0.15, -0.1) is 0 Å². The molecule has 116 valence electrons. The van der Waals surface area contributed by atoms with Crippen LogP contribution < -0.4 is 4.74 Å². The van der Waals surface area contributed by atoms with Gasteiger partial charge < -0.3 is 4.74 Å². The van der Waals surface area contributed by atoms with Crippen molar-refractivity contribution < 1.29 is 13.2 Å². The Kier molecular flexibility index (Phi) is 4.04. The van der Waals surface area contributed by atoms with Crippen LogP contribution in [0.1, 0.15) is 12.2 Å². The maximum atomic E-state index is 12.5. The van der Waals surface area contributed by atoms with Crippen molar-refractivity contribution in [1.29, 1.82) is 0 Å². The molecule has 0 saturated carbocycles. The monoisotopic (exact) mass is 320 g/mol. The van der Waals surface area contributed by atoms with E-state index in [2.05, 4.69) is 15.0 Å². The molecule has 1 atom stereocenters. The van der Waals surface area contributed by atoms with Crippen LogP contribution in [0.4, 0.5) is 0 Å². The summed E-state index contributed by atoms with van der Waals surface area (Å²) < 4.78 is 32.1. The Labute approximate surface area is 129 Å². The van der Waals surface area contributed by atoms with E-state index < -0.39 is 10.0 Å². The minimum atomic E-state index is -3.51. The summed E-state index contributed by atoms with van der Waals surface area (Å²) in [4.78, 5) is 12.2. The largest absolute Gasteiger partial charge is 0.473 e. The molecule has 22 heavy (non-hydrogen) atoms. The average molecular weight is 320 g/mol. The molecule has 0 bridgehead atoms. The predicted octanol–water partition coefficient (Wildman–Crippen LogP) is 1.02. The molecule has 1 aliphatic heterocycles. The zero-order chi connectivity index (χ0) is 15.6. The minimum absolute atomic E-state index is 0.202. The molecule has 0 aromatic carbocycles. The molecule has 0 N–H and O–H groups in total. The normalized spacial score (nSPS) is 19.2. The van der Waals surface area contributed by atoms with Crippen LogP contribution in [-0.4, -0.2) is 46.9 Å². The summed E-state index contributed by atoms with van der Waals surface area (Å²) >= 11 is 0. The number of hydrogen-bond donors (Lipinski definition) is 0. The maximum absolute atomic E-state index is 12.5. The fourth-order valence-corrected chi connectivity index (χ4v) is 3.78. The lowest BCUT2D eigenvalue weighted by atomic mass is 10.3. The first-order chi connectivity index (χ1) is 10.6. The van der Waals surface area contributed by atoms with Gasteiger partial charge in [-0.25, -0.2) is 13.4 Å². The van der Waals surface area contributed by atoms with Crippen molar-refractivity contribution in [1.82, 2.24) is 19.3 Å². The molecular formula is C14H16N4O3S. The van der Waals surface area contributed by atoms with Crippen LogP contribution in [0.2, 0.25) is 0 Å². The number of aromatic nitrogens is 3. The Bertz CT molecular complexity index is 752. The second-order valence-corrected chi connectivity index (χ2v) is 6.96. The topological polar surface area (TPSA) is 85.3 Å². The van der Waals surface area contributed by atoms with Gasteiger partial charge in [0.1, 0.15) is 16.8 Å². The molecule has 3 heterocycles. The molecule has 0 spiro atoms. The second-order valence-electron chi connectivity index (χ2n) is 5.02. The van der Waals surface area contributed by atoms with Crippen molar-refractivity contribution in [3.8, 4) is 5.88 Å². The van der Waals surface area contributed by atoms with E-state index in [1.807, 2.05) is 0 Å². The maximum Gasteiger partial charge on any atom is 0.244 e. The van der Waals surface area contributed by atoms with E-state index in [1.54, 1.807) is 37.5 Å². The van der Waals surface area contributed by atoms with Crippen LogP contribution in [0, 0.1) is 6.92 Å². The zero-order valence-corrected chi connectivity index (χ0v) is 12.9. The van der Waals surface area contributed by atoms with E-state index in [0.717, 1.165) is 0 Å². The van der Waals surface area contributed by atoms with Gasteiger partial charge in [-0.3, -0.25) is 4.98 Å². The molecule has 0 unspecified atom stereocenters. The molecular weight excluding hydrogens is 304 g/mol. The molecule has 0 amide bonds. The number of nitrogens with zero attached hydrogens (tertiary/aromatic N) is 4. The summed E-state index contributed by atoms with van der Waals surface area (Å²) in [6.07, 6.45) is 4.95. The highest BCUT2D eigenvalue weighted by atomic mass is 32.2. The number of pyridine rings is 1. The van der Waals surface area contributed by atoms with Gasteiger partial charge in [-0.05, 0) is 25.5 Å². The van der Waals surface area contributed by atoms with Gasteiger partial charge in [0.25, 0.3) is 0 Å². The fraction of sp³-hybridized carbons (Fsp3) is 0.357. The fourth-order valence-electron chi connectivity index (χ4n) is 2.33. The first-order valence-corrected chi connectivity index (χ1v) is 8.36. The Morgan fingerprint density at radius 1 is 1.32 bits per heavy atom. The first kappa shape index (κ1) is 14.9. The van der Waals surface area contributed by atoms with Gasteiger partial charge in [0.05, 0.1) is 6.54 Å². The van der Waals surface area contributed by atoms with Crippen LogP contribution in [0.25, 0.3) is 0 Å². The number of sulfonamides is 1. The number of rotatable bonds is 4. The van der Waals surface area contributed by atoms with Crippen molar-refractivity contribution in [3.63, 3.8) is 0 Å². The van der Waals surface area contributed by atoms with E-state index >= 15 is 0 Å². The molecule has 1 aliphatic rings. The molecule has 1 fully saturated rings. The van der Waals surface area contributed by atoms with Crippen molar-refractivity contribution in [3.05, 3.63) is 42.6 Å². The molecule has 2 aromatic heterocycles. The third-order valence-electron chi connectivity index (χ3n) is 3.42. The third kappa shape index (κ3) is 3.07. The smallest absolute Gasteiger partial charge is 0.244 e. The average Bonchev–Trinajstić information content (AvgIpc) is 2.97. The number of aryl methyl sites for hydroxylation is 1. The van der Waals surface area contributed by atoms with Crippen LogP contribution >= 0.6 is 0 Å². The van der Waals surface area contributed by atoms with E-state index in [4.69, 9.17) is 4.74 Å². The van der Waals surface area contributed by atoms with Gasteiger partial charge in [-0.1, -0.05) is 0 Å². The van der Waals surface area contributed by atoms with E-state index in [1.165, 1.54) is 10.5 Å². The highest BCUT2D eigenvalue weighted by Gasteiger charge is 2.33. The highest BCUT2D eigenvalue weighted by molar-refractivity contribution is 7.89. The minimum Gasteiger partial charge on any atom is -0.473 e. The van der Waals surface area contributed by atoms with Gasteiger partial charge in [0.15, 0.2) is 0 Å². The van der Waals surface area contributed by atoms with Gasteiger partial charge in [0.2, 0.25) is 15.9 Å². The van der Waals surface area contributed by atoms with Crippen LogP contribution in [-0.2, 0) is 10.0 Å². The van der Waals surface area contributed by atoms with E-state index in [-0.39, 0.29) is 11.0 Å². The molecule has 8 heteroatoms. The molecule has 0 radical (unpaired) electrons. The van der Waals surface area contributed by atoms with Gasteiger partial charge in [0, 0.05) is 31.2 Å². The molecule has 7 nitrogen and oxygen atoms in total. The van der Waals surface area contributed by atoms with Crippen LogP contribution in [0.15, 0.2) is 41.7 Å². The van der Waals surface area contributed by atoms with Crippen LogP contribution in [0.5, 0.6) is 5.88 Å². The standard InChI is InChI=1S/C14H16N4O3S/c1-11-16-7-4-14(17-11)21-12-5-8-18(10-12)22(19,20)13-3-2-6-15-9-13/h2-4,6-7,9,12H,5,8,10H2,1H3/t12-/m0/s1. The number of ether oxygens (including phenoxy) is 1. The Balaban J connectivity index is 1.70. The van der Waals surface area contributed by atoms with Crippen molar-refractivity contribution >= 4 is 10.0 Å². The van der Waals surface area contributed by atoms with Crippen LogP contribution in [0.3, 0.4) is 0 Å². The van der Waals surface area contributed by atoms with Gasteiger partial charge in [-0.2, -0.15) is 9.29 Å². The highest BCUT2D eigenvalue weighted by Crippen LogP contribution is 2.22. The Hall–Kier alpha value is -2.06. The van der Waals surface area contributed by atoms with Crippen molar-refractivity contribution in [2.75, 3.05) is 13.1 Å². The Morgan fingerprint density at radius 3 is 2.91 bits per heavy atom. The quantitative estimate of drug-likeness (QED) is 0.836. The summed E-state index contributed by atoms with van der Waals surface area (Å²) in [7, 11) is -3.51. The zero-order valence-electron chi connectivity index (χ0n) is 12.1. The SMILES string of the molecule is Cc1nccc(O[C@H]2CCN(S(=O)(=O)c3cccnc3)C2)n1. The molecule has 0 aliphatic carbocycles. The van der Waals surface area contributed by atoms with Crippen molar-refractivity contribution in [2.45, 2.75) is 24.3 Å². The third-order valence-corrected chi connectivity index (χ3v) is 5.27. The predicted molar refractivity (Wildman–Crippen MR) is 78.8 cm³/mol. The summed E-state index contributed by atoms with van der Waals surface area (Å²) in [5.74, 6) is 1.09. The van der Waals surface area contributed by atoms with E-state index in [9.17, 15) is 8.42 Å². The van der Waals surface area contributed by atoms with Gasteiger partial charge >= 0.3 is 0 Å². The lowest BCUT2D eigenvalue weighted by molar-refractivity contribution is 0.206. The summed E-state index contributed by atoms with van der Waals surface area (Å²) in [5, 5.41) is 0. The molecule has 2 aromatic rings. The summed E-state index contributed by atoms with van der Waals surface area (Å²) in [5.41, 5.74) is 0. The lowest BCUT2D eigenvalue weighted by Crippen LogP contribution is -2.31. The molecule has 1 saturated heterocycles. The second kappa shape index (κ2) is 5.98. The summed E-state index contributed by atoms with van der Waals surface area (Å²) in [6, 6.07) is 4.83. The van der Waals surface area contributed by atoms with E-state index in [0.29, 0.717) is 31.2 Å².